The van der Waals surface area contributed by atoms with Gasteiger partial charge in [0.1, 0.15) is 0 Å². The second kappa shape index (κ2) is 7.56. The van der Waals surface area contributed by atoms with Crippen LogP contribution in [-0.4, -0.2) is 12.4 Å². The third-order valence-electron chi connectivity index (χ3n) is 2.50. The molecule has 0 N–H and O–H groups in total. The van der Waals surface area contributed by atoms with Crippen LogP contribution in [0.4, 0.5) is 4.39 Å². The maximum atomic E-state index is 13.6. The van der Waals surface area contributed by atoms with Gasteiger partial charge in [-0.2, -0.15) is 0 Å². The SMILES string of the molecule is Fc1cc(CBr)ccc1OCCSc1ccccc1. The number of halogens is 2. The molecule has 2 rings (SSSR count). The molecule has 0 fully saturated rings. The molecule has 2 aromatic carbocycles. The molecule has 0 bridgehead atoms. The monoisotopic (exact) mass is 340 g/mol. The second-order valence-electron chi connectivity index (χ2n) is 3.91. The normalized spacial score (nSPS) is 10.4. The van der Waals surface area contributed by atoms with Gasteiger partial charge in [-0.15, -0.1) is 11.8 Å². The molecule has 0 heterocycles. The van der Waals surface area contributed by atoms with Gasteiger partial charge in [0, 0.05) is 16.0 Å². The number of alkyl halides is 1. The predicted octanol–water partition coefficient (Wildman–Crippen LogP) is 4.89. The van der Waals surface area contributed by atoms with Crippen molar-refractivity contribution < 1.29 is 9.13 Å². The molecule has 0 aliphatic rings. The fraction of sp³-hybridized carbons (Fsp3) is 0.200. The summed E-state index contributed by atoms with van der Waals surface area (Å²) in [4.78, 5) is 1.20. The molecule has 0 aliphatic heterocycles. The van der Waals surface area contributed by atoms with Gasteiger partial charge in [-0.1, -0.05) is 40.2 Å². The smallest absolute Gasteiger partial charge is 0.165 e. The summed E-state index contributed by atoms with van der Waals surface area (Å²) in [5.74, 6) is 0.809. The first-order valence-corrected chi connectivity index (χ1v) is 8.05. The van der Waals surface area contributed by atoms with Crippen LogP contribution in [0.15, 0.2) is 53.4 Å². The van der Waals surface area contributed by atoms with Crippen LogP contribution in [0.5, 0.6) is 5.75 Å². The molecule has 0 unspecified atom stereocenters. The number of hydrogen-bond acceptors (Lipinski definition) is 2. The Morgan fingerprint density at radius 2 is 1.89 bits per heavy atom. The van der Waals surface area contributed by atoms with Crippen LogP contribution in [0, 0.1) is 5.82 Å². The third-order valence-corrected chi connectivity index (χ3v) is 4.13. The third kappa shape index (κ3) is 4.55. The minimum atomic E-state index is -0.304. The van der Waals surface area contributed by atoms with E-state index in [1.54, 1.807) is 17.8 Å². The van der Waals surface area contributed by atoms with Crippen LogP contribution < -0.4 is 4.74 Å². The van der Waals surface area contributed by atoms with E-state index in [2.05, 4.69) is 28.1 Å². The number of thioether (sulfide) groups is 1. The molecule has 0 atom stereocenters. The van der Waals surface area contributed by atoms with Crippen LogP contribution in [0.1, 0.15) is 5.56 Å². The standard InChI is InChI=1S/C15H14BrFOS/c16-11-12-6-7-15(14(17)10-12)18-8-9-19-13-4-2-1-3-5-13/h1-7,10H,8-9,11H2. The average Bonchev–Trinajstić information content (AvgIpc) is 2.46. The number of rotatable bonds is 6. The quantitative estimate of drug-likeness (QED) is 0.420. The highest BCUT2D eigenvalue weighted by atomic mass is 79.9. The van der Waals surface area contributed by atoms with E-state index in [-0.39, 0.29) is 5.82 Å². The molecule has 19 heavy (non-hydrogen) atoms. The molecule has 0 saturated carbocycles. The Morgan fingerprint density at radius 1 is 1.11 bits per heavy atom. The highest BCUT2D eigenvalue weighted by Crippen LogP contribution is 2.21. The maximum absolute atomic E-state index is 13.6. The number of benzene rings is 2. The first-order valence-electron chi connectivity index (χ1n) is 5.94. The lowest BCUT2D eigenvalue weighted by Gasteiger charge is -2.08. The van der Waals surface area contributed by atoms with E-state index in [1.165, 1.54) is 11.0 Å². The predicted molar refractivity (Wildman–Crippen MR) is 81.7 cm³/mol. The molecule has 0 spiro atoms. The first-order chi connectivity index (χ1) is 9.29. The summed E-state index contributed by atoms with van der Waals surface area (Å²) in [6, 6.07) is 15.1. The molecular formula is C15H14BrFOS. The van der Waals surface area contributed by atoms with E-state index in [4.69, 9.17) is 4.74 Å². The van der Waals surface area contributed by atoms with Gasteiger partial charge >= 0.3 is 0 Å². The van der Waals surface area contributed by atoms with Gasteiger partial charge in [-0.05, 0) is 29.8 Å². The van der Waals surface area contributed by atoms with Crippen molar-refractivity contribution >= 4 is 27.7 Å². The van der Waals surface area contributed by atoms with Crippen molar-refractivity contribution in [1.82, 2.24) is 0 Å². The summed E-state index contributed by atoms with van der Waals surface area (Å²) in [5.41, 5.74) is 0.906. The van der Waals surface area contributed by atoms with Crippen molar-refractivity contribution in [3.05, 3.63) is 59.9 Å². The largest absolute Gasteiger partial charge is 0.490 e. The molecule has 4 heteroatoms. The van der Waals surface area contributed by atoms with Crippen molar-refractivity contribution in [3.63, 3.8) is 0 Å². The maximum Gasteiger partial charge on any atom is 0.165 e. The van der Waals surface area contributed by atoms with Crippen molar-refractivity contribution in [2.45, 2.75) is 10.2 Å². The molecule has 100 valence electrons. The lowest BCUT2D eigenvalue weighted by Crippen LogP contribution is -2.02. The highest BCUT2D eigenvalue weighted by molar-refractivity contribution is 9.08. The number of ether oxygens (including phenoxy) is 1. The molecular weight excluding hydrogens is 327 g/mol. The topological polar surface area (TPSA) is 9.23 Å². The number of hydrogen-bond donors (Lipinski definition) is 0. The Balaban J connectivity index is 1.80. The zero-order chi connectivity index (χ0) is 13.5. The van der Waals surface area contributed by atoms with Gasteiger partial charge in [-0.3, -0.25) is 0 Å². The second-order valence-corrected chi connectivity index (χ2v) is 5.64. The lowest BCUT2D eigenvalue weighted by atomic mass is 10.2. The van der Waals surface area contributed by atoms with Crippen molar-refractivity contribution in [2.24, 2.45) is 0 Å². The van der Waals surface area contributed by atoms with Crippen LogP contribution in [0.2, 0.25) is 0 Å². The molecule has 0 aromatic heterocycles. The van der Waals surface area contributed by atoms with Crippen molar-refractivity contribution in [3.8, 4) is 5.75 Å². The molecule has 0 amide bonds. The molecule has 2 aromatic rings. The van der Waals surface area contributed by atoms with Gasteiger partial charge in [0.2, 0.25) is 0 Å². The van der Waals surface area contributed by atoms with E-state index in [0.717, 1.165) is 11.3 Å². The van der Waals surface area contributed by atoms with Gasteiger partial charge in [0.25, 0.3) is 0 Å². The zero-order valence-electron chi connectivity index (χ0n) is 10.3. The highest BCUT2D eigenvalue weighted by Gasteiger charge is 2.04. The Morgan fingerprint density at radius 3 is 2.58 bits per heavy atom. The van der Waals surface area contributed by atoms with Crippen LogP contribution in [-0.2, 0) is 5.33 Å². The van der Waals surface area contributed by atoms with Crippen molar-refractivity contribution in [2.75, 3.05) is 12.4 Å². The van der Waals surface area contributed by atoms with Gasteiger partial charge in [-0.25, -0.2) is 4.39 Å². The Bertz CT molecular complexity index is 519. The van der Waals surface area contributed by atoms with E-state index in [0.29, 0.717) is 17.7 Å². The summed E-state index contributed by atoms with van der Waals surface area (Å²) in [6.07, 6.45) is 0. The van der Waals surface area contributed by atoms with Crippen LogP contribution in [0.3, 0.4) is 0 Å². The summed E-state index contributed by atoms with van der Waals surface area (Å²) in [7, 11) is 0. The Hall–Kier alpha value is -1.00. The van der Waals surface area contributed by atoms with Crippen LogP contribution >= 0.6 is 27.7 Å². The fourth-order valence-corrected chi connectivity index (χ4v) is 2.67. The van der Waals surface area contributed by atoms with Crippen molar-refractivity contribution in [1.29, 1.82) is 0 Å². The molecule has 0 aliphatic carbocycles. The Labute approximate surface area is 125 Å². The summed E-state index contributed by atoms with van der Waals surface area (Å²) in [5, 5.41) is 0.647. The minimum Gasteiger partial charge on any atom is -0.490 e. The zero-order valence-corrected chi connectivity index (χ0v) is 12.7. The summed E-state index contributed by atoms with van der Waals surface area (Å²) >= 11 is 4.99. The van der Waals surface area contributed by atoms with Gasteiger partial charge in [0.05, 0.1) is 6.61 Å². The minimum absolute atomic E-state index is 0.304. The fourth-order valence-electron chi connectivity index (χ4n) is 1.57. The van der Waals surface area contributed by atoms with Gasteiger partial charge in [0.15, 0.2) is 11.6 Å². The molecule has 1 nitrogen and oxygen atoms in total. The van der Waals surface area contributed by atoms with E-state index in [9.17, 15) is 4.39 Å². The summed E-state index contributed by atoms with van der Waals surface area (Å²) < 4.78 is 19.1. The van der Waals surface area contributed by atoms with E-state index < -0.39 is 0 Å². The summed E-state index contributed by atoms with van der Waals surface area (Å²) in [6.45, 7) is 0.490. The van der Waals surface area contributed by atoms with Gasteiger partial charge < -0.3 is 4.74 Å². The molecule has 0 radical (unpaired) electrons. The average molecular weight is 341 g/mol. The van der Waals surface area contributed by atoms with Crippen LogP contribution in [0.25, 0.3) is 0 Å². The molecule has 0 saturated heterocycles. The van der Waals surface area contributed by atoms with E-state index >= 15 is 0 Å². The Kier molecular flexibility index (Phi) is 5.73. The van der Waals surface area contributed by atoms with E-state index in [1.807, 2.05) is 24.3 Å². The lowest BCUT2D eigenvalue weighted by molar-refractivity contribution is 0.324. The first kappa shape index (κ1) is 14.4.